The molecule has 0 bridgehead atoms. The van der Waals surface area contributed by atoms with Gasteiger partial charge in [0, 0.05) is 32.3 Å². The van der Waals surface area contributed by atoms with E-state index in [9.17, 15) is 26.3 Å². The Morgan fingerprint density at radius 1 is 0.212 bits per heavy atom. The van der Waals surface area contributed by atoms with Gasteiger partial charge in [-0.1, -0.05) is 0 Å². The zero-order chi connectivity index (χ0) is 38.9. The average molecular weight is 758 g/mol. The molecule has 0 fully saturated rings. The quantitative estimate of drug-likeness (QED) is 0.0961. The second kappa shape index (κ2) is 12.0. The maximum atomic E-state index is 16.2. The van der Waals surface area contributed by atoms with Crippen molar-refractivity contribution < 1.29 is 79.0 Å². The molecule has 0 spiro atoms. The molecule has 0 unspecified atom stereocenters. The normalized spacial score (nSPS) is 11.9. The van der Waals surface area contributed by atoms with Crippen LogP contribution in [-0.4, -0.2) is 6.71 Å². The molecule has 0 saturated heterocycles. The molecule has 270 valence electrons. The van der Waals surface area contributed by atoms with Crippen molar-refractivity contribution >= 4 is 55.4 Å². The van der Waals surface area contributed by atoms with E-state index in [0.29, 0.717) is 20.8 Å². The van der Waals surface area contributed by atoms with E-state index in [-0.39, 0.29) is 0 Å². The number of aryl methyl sites for hydroxylation is 3. The van der Waals surface area contributed by atoms with Gasteiger partial charge >= 0.3 is 0 Å². The van der Waals surface area contributed by atoms with Crippen LogP contribution in [0.25, 0.3) is 32.3 Å². The van der Waals surface area contributed by atoms with Crippen LogP contribution in [0, 0.1) is 125 Å². The summed E-state index contributed by atoms with van der Waals surface area (Å²) in [5.74, 6) is -48.8. The average Bonchev–Trinajstić information content (AvgIpc) is 3.11. The molecule has 19 heteroatoms. The summed E-state index contributed by atoms with van der Waals surface area (Å²) in [4.78, 5) is 0. The first-order chi connectivity index (χ1) is 24.1. The Morgan fingerprint density at radius 2 is 0.385 bits per heavy atom. The third-order valence-electron chi connectivity index (χ3n) is 8.88. The van der Waals surface area contributed by atoms with Crippen LogP contribution in [0.4, 0.5) is 79.0 Å². The number of fused-ring (bicyclic) bond motifs is 3. The molecule has 0 N–H and O–H groups in total. The van der Waals surface area contributed by atoms with Crippen molar-refractivity contribution in [3.8, 4) is 0 Å². The van der Waals surface area contributed by atoms with E-state index in [2.05, 4.69) is 0 Å². The zero-order valence-electron chi connectivity index (χ0n) is 25.4. The molecule has 0 aromatic heterocycles. The van der Waals surface area contributed by atoms with E-state index in [4.69, 9.17) is 0 Å². The smallest absolute Gasteiger partial charge is 0.204 e. The Kier molecular flexibility index (Phi) is 8.45. The fraction of sp³-hybridized carbons (Fsp3) is 0.0909. The fourth-order valence-corrected chi connectivity index (χ4v) is 6.46. The van der Waals surface area contributed by atoms with Crippen LogP contribution in [0.1, 0.15) is 16.7 Å². The molecule has 6 rings (SSSR count). The van der Waals surface area contributed by atoms with Crippen molar-refractivity contribution in [2.45, 2.75) is 20.8 Å². The van der Waals surface area contributed by atoms with Crippen LogP contribution in [0.2, 0.25) is 0 Å². The number of benzene rings is 6. The van der Waals surface area contributed by atoms with E-state index < -0.39 is 177 Å². The van der Waals surface area contributed by atoms with E-state index in [1.807, 2.05) is 0 Å². The van der Waals surface area contributed by atoms with E-state index in [0.717, 1.165) is 0 Å². The van der Waals surface area contributed by atoms with Crippen molar-refractivity contribution in [1.82, 2.24) is 0 Å². The molecule has 6 aromatic carbocycles. The summed E-state index contributed by atoms with van der Waals surface area (Å²) in [5, 5.41) is -12.0. The van der Waals surface area contributed by atoms with Crippen molar-refractivity contribution in [1.29, 1.82) is 0 Å². The lowest BCUT2D eigenvalue weighted by Gasteiger charge is -2.26. The lowest BCUT2D eigenvalue weighted by Crippen LogP contribution is -2.58. The van der Waals surface area contributed by atoms with Gasteiger partial charge < -0.3 is 0 Å². The van der Waals surface area contributed by atoms with Crippen molar-refractivity contribution in [3.63, 3.8) is 0 Å². The van der Waals surface area contributed by atoms with E-state index >= 15 is 52.7 Å². The Morgan fingerprint density at radius 3 is 0.596 bits per heavy atom. The Hall–Kier alpha value is -5.10. The molecule has 6 aromatic rings. The summed E-state index contributed by atoms with van der Waals surface area (Å²) in [6.07, 6.45) is 0. The molecule has 0 saturated carbocycles. The van der Waals surface area contributed by atoms with Gasteiger partial charge in [0.15, 0.2) is 105 Å². The molecule has 0 aliphatic carbocycles. The lowest BCUT2D eigenvalue weighted by molar-refractivity contribution is 0.439. The predicted molar refractivity (Wildman–Crippen MR) is 150 cm³/mol. The van der Waals surface area contributed by atoms with Gasteiger partial charge in [-0.15, -0.1) is 0 Å². The minimum Gasteiger partial charge on any atom is -0.204 e. The lowest BCUT2D eigenvalue weighted by atomic mass is 9.34. The zero-order valence-corrected chi connectivity index (χ0v) is 25.4. The summed E-state index contributed by atoms with van der Waals surface area (Å²) in [7, 11) is 0. The highest BCUT2D eigenvalue weighted by Crippen LogP contribution is 2.37. The van der Waals surface area contributed by atoms with Crippen molar-refractivity contribution in [3.05, 3.63) is 121 Å². The number of halogens is 18. The standard InChI is InChI=1S/C33H9BF18/c1-4-7-10(22(41)28(47)16(4)35)13(25(44)31(50)19(7)38)34(14-11-8(20(39)32(51)26(14)45)5(2)17(36)29(48)23(11)42)15-12-9(21(40)33(52)27(15)46)6(3)18(37)30(49)24(12)43/h1-3H3. The molecule has 0 aliphatic heterocycles. The summed E-state index contributed by atoms with van der Waals surface area (Å²) < 4.78 is 276. The van der Waals surface area contributed by atoms with Gasteiger partial charge in [-0.05, 0) is 53.8 Å². The summed E-state index contributed by atoms with van der Waals surface area (Å²) in [5.41, 5.74) is -11.5. The summed E-state index contributed by atoms with van der Waals surface area (Å²) in [6, 6.07) is 0. The van der Waals surface area contributed by atoms with E-state index in [1.54, 1.807) is 0 Å². The summed E-state index contributed by atoms with van der Waals surface area (Å²) in [6.45, 7) is -2.72. The molecule has 0 radical (unpaired) electrons. The van der Waals surface area contributed by atoms with Gasteiger partial charge in [-0.25, -0.2) is 79.0 Å². The van der Waals surface area contributed by atoms with Gasteiger partial charge in [-0.2, -0.15) is 0 Å². The number of hydrogen-bond acceptors (Lipinski definition) is 0. The maximum Gasteiger partial charge on any atom is 0.255 e. The van der Waals surface area contributed by atoms with Crippen LogP contribution in [0.3, 0.4) is 0 Å². The monoisotopic (exact) mass is 758 g/mol. The van der Waals surface area contributed by atoms with Crippen molar-refractivity contribution in [2.24, 2.45) is 0 Å². The molecular formula is C33H9BF18. The molecule has 0 nitrogen and oxygen atoms in total. The molecule has 0 atom stereocenters. The molecule has 52 heavy (non-hydrogen) atoms. The topological polar surface area (TPSA) is 0 Å². The highest BCUT2D eigenvalue weighted by atomic mass is 19.2. The Bertz CT molecular complexity index is 2340. The SMILES string of the molecule is Cc1c(F)c(F)c(F)c2c(B(c3c(F)c(F)c(F)c4c(C)c(F)c(F)c(F)c34)c3c(F)c(F)c(F)c4c(C)c(F)c(F)c(F)c34)c(F)c(F)c(F)c12. The van der Waals surface area contributed by atoms with Crippen LogP contribution < -0.4 is 16.4 Å². The van der Waals surface area contributed by atoms with Gasteiger partial charge in [0.2, 0.25) is 0 Å². The molecule has 0 aliphatic rings. The second-order valence-corrected chi connectivity index (χ2v) is 11.5. The molecule has 0 heterocycles. The third kappa shape index (κ3) is 4.49. The van der Waals surface area contributed by atoms with Crippen molar-refractivity contribution in [2.75, 3.05) is 0 Å². The summed E-state index contributed by atoms with van der Waals surface area (Å²) >= 11 is 0. The largest absolute Gasteiger partial charge is 0.255 e. The number of hydrogen-bond donors (Lipinski definition) is 0. The third-order valence-corrected chi connectivity index (χ3v) is 8.88. The predicted octanol–water partition coefficient (Wildman–Crippen LogP) is 9.09. The minimum absolute atomic E-state index is 0.392. The highest BCUT2D eigenvalue weighted by Gasteiger charge is 2.44. The maximum absolute atomic E-state index is 16.2. The van der Waals surface area contributed by atoms with E-state index in [1.165, 1.54) is 0 Å². The molecule has 0 amide bonds. The van der Waals surface area contributed by atoms with Crippen LogP contribution in [0.15, 0.2) is 0 Å². The van der Waals surface area contributed by atoms with Gasteiger partial charge in [0.05, 0.1) is 0 Å². The van der Waals surface area contributed by atoms with Crippen LogP contribution in [0.5, 0.6) is 0 Å². The van der Waals surface area contributed by atoms with Crippen LogP contribution in [-0.2, 0) is 0 Å². The first kappa shape index (κ1) is 36.7. The fourth-order valence-electron chi connectivity index (χ4n) is 6.46. The Labute approximate surface area is 276 Å². The van der Waals surface area contributed by atoms with Gasteiger partial charge in [-0.3, -0.25) is 0 Å². The van der Waals surface area contributed by atoms with Gasteiger partial charge in [0.1, 0.15) is 0 Å². The first-order valence-corrected chi connectivity index (χ1v) is 14.0. The first-order valence-electron chi connectivity index (χ1n) is 14.0. The second-order valence-electron chi connectivity index (χ2n) is 11.5. The van der Waals surface area contributed by atoms with Gasteiger partial charge in [0.25, 0.3) is 6.71 Å². The Balaban J connectivity index is 2.10. The number of rotatable bonds is 3. The molecular weight excluding hydrogens is 749 g/mol. The highest BCUT2D eigenvalue weighted by molar-refractivity contribution is 6.99. The van der Waals surface area contributed by atoms with Crippen LogP contribution >= 0.6 is 0 Å². The minimum atomic E-state index is -3.90.